The fraction of sp³-hybridized carbons (Fsp3) is 0.407. The van der Waals surface area contributed by atoms with Gasteiger partial charge in [0.15, 0.2) is 0 Å². The van der Waals surface area contributed by atoms with E-state index in [1.165, 1.54) is 39.1 Å². The van der Waals surface area contributed by atoms with Crippen molar-refractivity contribution in [1.29, 1.82) is 0 Å². The average molecular weight is 372 g/mol. The zero-order valence-electron chi connectivity index (χ0n) is 18.4. The van der Waals surface area contributed by atoms with Gasteiger partial charge in [0.25, 0.3) is 0 Å². The van der Waals surface area contributed by atoms with E-state index in [1.807, 2.05) is 0 Å². The van der Waals surface area contributed by atoms with E-state index >= 15 is 0 Å². The second-order valence-corrected chi connectivity index (χ2v) is 10.5. The van der Waals surface area contributed by atoms with Crippen LogP contribution in [0, 0.1) is 12.3 Å². The molecule has 1 heteroatoms. The normalized spacial score (nSPS) is 21.1. The molecule has 2 aromatic carbocycles. The Morgan fingerprint density at radius 1 is 0.821 bits per heavy atom. The number of allylic oxidation sites excluding steroid dienone is 2. The summed E-state index contributed by atoms with van der Waals surface area (Å²) in [6.45, 7) is 16.0. The Kier molecular flexibility index (Phi) is 4.34. The predicted octanol–water partition coefficient (Wildman–Crippen LogP) is 7.24. The SMILES string of the molecule is Cc1ccc(NC2C3=CC(C(C)(C)C)=CC2c2ccc(C(C)(C)C)cc23)cc1. The second-order valence-electron chi connectivity index (χ2n) is 10.5. The van der Waals surface area contributed by atoms with Crippen molar-refractivity contribution in [2.24, 2.45) is 5.41 Å². The fourth-order valence-corrected chi connectivity index (χ4v) is 4.33. The van der Waals surface area contributed by atoms with Gasteiger partial charge >= 0.3 is 0 Å². The molecule has 0 fully saturated rings. The Balaban J connectivity index is 1.79. The molecule has 0 spiro atoms. The Hall–Kier alpha value is -2.28. The van der Waals surface area contributed by atoms with Crippen LogP contribution >= 0.6 is 0 Å². The largest absolute Gasteiger partial charge is 0.377 e. The first kappa shape index (κ1) is 19.1. The lowest BCUT2D eigenvalue weighted by Crippen LogP contribution is -2.26. The van der Waals surface area contributed by atoms with Crippen molar-refractivity contribution in [3.05, 3.63) is 82.4 Å². The predicted molar refractivity (Wildman–Crippen MR) is 122 cm³/mol. The van der Waals surface area contributed by atoms with Crippen LogP contribution < -0.4 is 5.32 Å². The van der Waals surface area contributed by atoms with Crippen LogP contribution in [0.1, 0.15) is 69.7 Å². The van der Waals surface area contributed by atoms with Crippen LogP contribution in [0.5, 0.6) is 0 Å². The van der Waals surface area contributed by atoms with Crippen LogP contribution in [-0.4, -0.2) is 6.04 Å². The number of benzene rings is 2. The maximum Gasteiger partial charge on any atom is 0.0623 e. The third kappa shape index (κ3) is 3.32. The Labute approximate surface area is 170 Å². The first-order valence-electron chi connectivity index (χ1n) is 10.5. The number of rotatable bonds is 2. The lowest BCUT2D eigenvalue weighted by atomic mass is 9.78. The molecule has 1 nitrogen and oxygen atoms in total. The standard InChI is InChI=1S/C27H33N/c1-17-8-11-20(12-9-17)28-25-23-15-19(27(5,6)7)16-24(25)22-14-18(26(2,3)4)10-13-21(22)23/h8-16,23,25,28H,1-7H3. The van der Waals surface area contributed by atoms with Gasteiger partial charge in [-0.2, -0.15) is 0 Å². The average Bonchev–Trinajstić information content (AvgIpc) is 2.77. The van der Waals surface area contributed by atoms with Crippen LogP contribution in [0.25, 0.3) is 5.57 Å². The van der Waals surface area contributed by atoms with E-state index in [0.29, 0.717) is 12.0 Å². The minimum Gasteiger partial charge on any atom is -0.377 e. The van der Waals surface area contributed by atoms with Gasteiger partial charge in [-0.25, -0.2) is 0 Å². The van der Waals surface area contributed by atoms with Crippen LogP contribution in [0.4, 0.5) is 5.69 Å². The first-order chi connectivity index (χ1) is 13.0. The van der Waals surface area contributed by atoms with E-state index in [-0.39, 0.29) is 10.8 Å². The highest BCUT2D eigenvalue weighted by Gasteiger charge is 2.40. The summed E-state index contributed by atoms with van der Waals surface area (Å²) >= 11 is 0. The summed E-state index contributed by atoms with van der Waals surface area (Å²) in [5.74, 6) is 0.388. The molecule has 28 heavy (non-hydrogen) atoms. The smallest absolute Gasteiger partial charge is 0.0623 e. The summed E-state index contributed by atoms with van der Waals surface area (Å²) in [7, 11) is 0. The summed E-state index contributed by atoms with van der Waals surface area (Å²) in [5.41, 5.74) is 10.0. The molecule has 4 rings (SSSR count). The lowest BCUT2D eigenvalue weighted by Gasteiger charge is -2.30. The second kappa shape index (κ2) is 6.37. The molecular formula is C27H33N. The number of hydrogen-bond acceptors (Lipinski definition) is 1. The lowest BCUT2D eigenvalue weighted by molar-refractivity contribution is 0.510. The zero-order valence-corrected chi connectivity index (χ0v) is 18.4. The van der Waals surface area contributed by atoms with Gasteiger partial charge in [0.2, 0.25) is 0 Å². The number of hydrogen-bond donors (Lipinski definition) is 1. The zero-order chi connectivity index (χ0) is 20.3. The van der Waals surface area contributed by atoms with Gasteiger partial charge in [-0.1, -0.05) is 89.6 Å². The first-order valence-corrected chi connectivity index (χ1v) is 10.5. The number of anilines is 1. The van der Waals surface area contributed by atoms with Gasteiger partial charge in [0, 0.05) is 11.6 Å². The van der Waals surface area contributed by atoms with E-state index in [1.54, 1.807) is 0 Å². The van der Waals surface area contributed by atoms with Gasteiger partial charge in [0.05, 0.1) is 6.04 Å². The third-order valence-corrected chi connectivity index (χ3v) is 6.19. The number of fused-ring (bicyclic) bond motifs is 5. The highest BCUT2D eigenvalue weighted by atomic mass is 14.9. The van der Waals surface area contributed by atoms with Crippen LogP contribution in [0.2, 0.25) is 0 Å². The Morgan fingerprint density at radius 2 is 1.50 bits per heavy atom. The van der Waals surface area contributed by atoms with Crippen LogP contribution in [0.3, 0.4) is 0 Å². The van der Waals surface area contributed by atoms with Gasteiger partial charge in [-0.3, -0.25) is 0 Å². The fourth-order valence-electron chi connectivity index (χ4n) is 4.33. The number of aryl methyl sites for hydroxylation is 1. The summed E-state index contributed by atoms with van der Waals surface area (Å²) < 4.78 is 0. The molecular weight excluding hydrogens is 338 g/mol. The van der Waals surface area contributed by atoms with E-state index in [4.69, 9.17) is 0 Å². The minimum atomic E-state index is 0.159. The van der Waals surface area contributed by atoms with Gasteiger partial charge in [-0.05, 0) is 57.7 Å². The molecule has 2 aliphatic rings. The molecule has 0 heterocycles. The molecule has 0 radical (unpaired) electrons. The molecule has 2 bridgehead atoms. The van der Waals surface area contributed by atoms with Crippen molar-refractivity contribution in [3.8, 4) is 0 Å². The minimum absolute atomic E-state index is 0.159. The van der Waals surface area contributed by atoms with Crippen molar-refractivity contribution in [2.45, 2.75) is 65.8 Å². The Morgan fingerprint density at radius 3 is 2.11 bits per heavy atom. The highest BCUT2D eigenvalue weighted by Crippen LogP contribution is 2.50. The molecule has 146 valence electrons. The molecule has 1 N–H and O–H groups in total. The van der Waals surface area contributed by atoms with Crippen molar-refractivity contribution in [2.75, 3.05) is 5.32 Å². The summed E-state index contributed by atoms with van der Waals surface area (Å²) in [6.07, 6.45) is 4.94. The van der Waals surface area contributed by atoms with Crippen molar-refractivity contribution >= 4 is 11.3 Å². The van der Waals surface area contributed by atoms with Crippen LogP contribution in [-0.2, 0) is 5.41 Å². The molecule has 2 unspecified atom stereocenters. The quantitative estimate of drug-likeness (QED) is 0.586. The van der Waals surface area contributed by atoms with Crippen LogP contribution in [0.15, 0.2) is 60.2 Å². The van der Waals surface area contributed by atoms with E-state index in [9.17, 15) is 0 Å². The van der Waals surface area contributed by atoms with Crippen molar-refractivity contribution < 1.29 is 0 Å². The summed E-state index contributed by atoms with van der Waals surface area (Å²) in [5, 5.41) is 3.83. The molecule has 2 atom stereocenters. The molecule has 0 saturated carbocycles. The maximum atomic E-state index is 3.83. The molecule has 0 amide bonds. The monoisotopic (exact) mass is 371 g/mol. The molecule has 0 aromatic heterocycles. The third-order valence-electron chi connectivity index (χ3n) is 6.19. The van der Waals surface area contributed by atoms with Crippen molar-refractivity contribution in [3.63, 3.8) is 0 Å². The van der Waals surface area contributed by atoms with Gasteiger partial charge in [-0.15, -0.1) is 0 Å². The van der Waals surface area contributed by atoms with Gasteiger partial charge < -0.3 is 5.32 Å². The van der Waals surface area contributed by atoms with E-state index in [2.05, 4.69) is 108 Å². The molecule has 0 aliphatic heterocycles. The number of nitrogens with one attached hydrogen (secondary N) is 1. The highest BCUT2D eigenvalue weighted by molar-refractivity contribution is 5.86. The van der Waals surface area contributed by atoms with Crippen molar-refractivity contribution in [1.82, 2.24) is 0 Å². The molecule has 2 aliphatic carbocycles. The topological polar surface area (TPSA) is 12.0 Å². The molecule has 0 saturated heterocycles. The Bertz CT molecular complexity index is 959. The summed E-state index contributed by atoms with van der Waals surface area (Å²) in [6, 6.07) is 16.2. The summed E-state index contributed by atoms with van der Waals surface area (Å²) in [4.78, 5) is 0. The maximum absolute atomic E-state index is 3.83. The van der Waals surface area contributed by atoms with E-state index < -0.39 is 0 Å². The van der Waals surface area contributed by atoms with E-state index in [0.717, 1.165) is 0 Å². The van der Waals surface area contributed by atoms with Gasteiger partial charge in [0.1, 0.15) is 0 Å². The molecule has 2 aromatic rings.